The average molecular weight is 296 g/mol. The summed E-state index contributed by atoms with van der Waals surface area (Å²) in [7, 11) is 0. The summed E-state index contributed by atoms with van der Waals surface area (Å²) in [5.41, 5.74) is 0.403. The number of likely N-dealkylation sites (tertiary alicyclic amines) is 1. The fourth-order valence-corrected chi connectivity index (χ4v) is 4.04. The van der Waals surface area contributed by atoms with Crippen LogP contribution in [-0.2, 0) is 0 Å². The molecule has 1 aliphatic heterocycles. The Balaban J connectivity index is 1.86. The van der Waals surface area contributed by atoms with Crippen LogP contribution in [0.1, 0.15) is 71.1 Å². The lowest BCUT2D eigenvalue weighted by Crippen LogP contribution is -2.51. The molecule has 2 N–H and O–H groups in total. The van der Waals surface area contributed by atoms with E-state index < -0.39 is 0 Å². The molecule has 1 aliphatic carbocycles. The maximum absolute atomic E-state index is 12.4. The average Bonchev–Trinajstić information content (AvgIpc) is 2.71. The maximum atomic E-state index is 12.4. The third kappa shape index (κ3) is 4.87. The second kappa shape index (κ2) is 8.02. The largest absolute Gasteiger partial charge is 0.396 e. The number of urea groups is 1. The van der Waals surface area contributed by atoms with Gasteiger partial charge in [-0.05, 0) is 50.9 Å². The van der Waals surface area contributed by atoms with Crippen LogP contribution in [0.3, 0.4) is 0 Å². The molecule has 0 aromatic rings. The van der Waals surface area contributed by atoms with Crippen LogP contribution in [0.4, 0.5) is 4.79 Å². The van der Waals surface area contributed by atoms with Crippen LogP contribution < -0.4 is 5.32 Å². The van der Waals surface area contributed by atoms with Gasteiger partial charge >= 0.3 is 6.03 Å². The summed E-state index contributed by atoms with van der Waals surface area (Å²) in [5, 5.41) is 12.0. The fourth-order valence-electron chi connectivity index (χ4n) is 4.04. The van der Waals surface area contributed by atoms with Crippen molar-refractivity contribution < 1.29 is 9.90 Å². The number of carbonyl (C=O) groups is 1. The lowest BCUT2D eigenvalue weighted by molar-refractivity contribution is 0.0894. The van der Waals surface area contributed by atoms with Crippen LogP contribution in [0.25, 0.3) is 0 Å². The summed E-state index contributed by atoms with van der Waals surface area (Å²) in [6.45, 7) is 4.08. The zero-order valence-corrected chi connectivity index (χ0v) is 13.6. The highest BCUT2D eigenvalue weighted by molar-refractivity contribution is 5.74. The van der Waals surface area contributed by atoms with E-state index >= 15 is 0 Å². The van der Waals surface area contributed by atoms with Crippen molar-refractivity contribution in [1.29, 1.82) is 0 Å². The van der Waals surface area contributed by atoms with Crippen LogP contribution in [0.2, 0.25) is 0 Å². The van der Waals surface area contributed by atoms with Gasteiger partial charge in [-0.25, -0.2) is 4.79 Å². The fraction of sp³-hybridized carbons (Fsp3) is 0.941. The molecule has 0 radical (unpaired) electrons. The van der Waals surface area contributed by atoms with Gasteiger partial charge in [0.25, 0.3) is 0 Å². The minimum atomic E-state index is 0.101. The van der Waals surface area contributed by atoms with E-state index in [0.29, 0.717) is 5.41 Å². The monoisotopic (exact) mass is 296 g/mol. The SMILES string of the molecule is CC(CCCO)NC(=O)N1CCCC2(CCCCCC2)C1. The third-order valence-corrected chi connectivity index (χ3v) is 5.28. The molecule has 2 aliphatic rings. The second-order valence-electron chi connectivity index (χ2n) is 7.16. The normalized spacial score (nSPS) is 23.6. The minimum absolute atomic E-state index is 0.101. The first-order valence-corrected chi connectivity index (χ1v) is 8.81. The van der Waals surface area contributed by atoms with Crippen molar-refractivity contribution in [2.75, 3.05) is 19.7 Å². The standard InChI is InChI=1S/C17H32N2O2/c1-15(8-6-13-20)18-16(21)19-12-7-11-17(14-19)9-4-2-3-5-10-17/h15,20H,2-14H2,1H3,(H,18,21). The highest BCUT2D eigenvalue weighted by atomic mass is 16.3. The van der Waals surface area contributed by atoms with E-state index in [0.717, 1.165) is 32.4 Å². The van der Waals surface area contributed by atoms with Crippen LogP contribution in [0, 0.1) is 5.41 Å². The maximum Gasteiger partial charge on any atom is 0.317 e. The molecule has 1 unspecified atom stereocenters. The quantitative estimate of drug-likeness (QED) is 0.836. The van der Waals surface area contributed by atoms with Gasteiger partial charge in [0.15, 0.2) is 0 Å². The van der Waals surface area contributed by atoms with E-state index in [1.807, 2.05) is 11.8 Å². The van der Waals surface area contributed by atoms with E-state index in [-0.39, 0.29) is 18.7 Å². The summed E-state index contributed by atoms with van der Waals surface area (Å²) < 4.78 is 0. The van der Waals surface area contributed by atoms with Crippen molar-refractivity contribution in [2.24, 2.45) is 5.41 Å². The van der Waals surface area contributed by atoms with Crippen molar-refractivity contribution in [3.8, 4) is 0 Å². The Hall–Kier alpha value is -0.770. The summed E-state index contributed by atoms with van der Waals surface area (Å²) in [6, 6.07) is 0.250. The molecule has 2 rings (SSSR count). The van der Waals surface area contributed by atoms with Crippen LogP contribution in [-0.4, -0.2) is 41.8 Å². The lowest BCUT2D eigenvalue weighted by atomic mass is 9.74. The number of hydrogen-bond donors (Lipinski definition) is 2. The van der Waals surface area contributed by atoms with Crippen LogP contribution >= 0.6 is 0 Å². The first kappa shape index (κ1) is 16.6. The van der Waals surface area contributed by atoms with Crippen molar-refractivity contribution >= 4 is 6.03 Å². The molecule has 1 saturated carbocycles. The first-order valence-electron chi connectivity index (χ1n) is 8.81. The van der Waals surface area contributed by atoms with Gasteiger partial charge in [-0.3, -0.25) is 0 Å². The Kier molecular flexibility index (Phi) is 6.34. The van der Waals surface area contributed by atoms with Gasteiger partial charge in [-0.15, -0.1) is 0 Å². The number of aliphatic hydroxyl groups excluding tert-OH is 1. The van der Waals surface area contributed by atoms with Gasteiger partial charge in [0.2, 0.25) is 0 Å². The molecule has 0 aromatic carbocycles. The van der Waals surface area contributed by atoms with E-state index in [4.69, 9.17) is 5.11 Å². The molecular formula is C17H32N2O2. The zero-order valence-electron chi connectivity index (χ0n) is 13.6. The van der Waals surface area contributed by atoms with Gasteiger partial charge in [-0.2, -0.15) is 0 Å². The number of hydrogen-bond acceptors (Lipinski definition) is 2. The van der Waals surface area contributed by atoms with Crippen molar-refractivity contribution in [1.82, 2.24) is 10.2 Å². The molecule has 2 fully saturated rings. The summed E-state index contributed by atoms with van der Waals surface area (Å²) >= 11 is 0. The van der Waals surface area contributed by atoms with Gasteiger partial charge in [0.1, 0.15) is 0 Å². The number of nitrogens with zero attached hydrogens (tertiary/aromatic N) is 1. The summed E-state index contributed by atoms with van der Waals surface area (Å²) in [4.78, 5) is 14.5. The molecule has 0 aromatic heterocycles. The van der Waals surface area contributed by atoms with Crippen molar-refractivity contribution in [3.63, 3.8) is 0 Å². The van der Waals surface area contributed by atoms with E-state index in [2.05, 4.69) is 5.32 Å². The number of aliphatic hydroxyl groups is 1. The molecule has 0 bridgehead atoms. The smallest absolute Gasteiger partial charge is 0.317 e. The molecular weight excluding hydrogens is 264 g/mol. The predicted octanol–water partition coefficient (Wildman–Crippen LogP) is 3.29. The number of piperidine rings is 1. The molecule has 1 saturated heterocycles. The van der Waals surface area contributed by atoms with Crippen molar-refractivity contribution in [2.45, 2.75) is 77.2 Å². The Morgan fingerprint density at radius 1 is 1.19 bits per heavy atom. The van der Waals surface area contributed by atoms with Gasteiger partial charge in [0.05, 0.1) is 0 Å². The first-order chi connectivity index (χ1) is 10.2. The Bertz CT molecular complexity index is 325. The molecule has 4 heteroatoms. The van der Waals surface area contributed by atoms with Crippen LogP contribution in [0.5, 0.6) is 0 Å². The summed E-state index contributed by atoms with van der Waals surface area (Å²) in [6.07, 6.45) is 12.1. The Labute approximate surface area is 129 Å². The summed E-state index contributed by atoms with van der Waals surface area (Å²) in [5.74, 6) is 0. The number of rotatable bonds is 4. The molecule has 1 spiro atoms. The topological polar surface area (TPSA) is 52.6 Å². The highest BCUT2D eigenvalue weighted by Crippen LogP contribution is 2.42. The van der Waals surface area contributed by atoms with Gasteiger partial charge in [0, 0.05) is 25.7 Å². The van der Waals surface area contributed by atoms with E-state index in [1.54, 1.807) is 0 Å². The van der Waals surface area contributed by atoms with Crippen molar-refractivity contribution in [3.05, 3.63) is 0 Å². The molecule has 1 atom stereocenters. The van der Waals surface area contributed by atoms with E-state index in [9.17, 15) is 4.79 Å². The van der Waals surface area contributed by atoms with Crippen LogP contribution in [0.15, 0.2) is 0 Å². The minimum Gasteiger partial charge on any atom is -0.396 e. The molecule has 122 valence electrons. The second-order valence-corrected chi connectivity index (χ2v) is 7.16. The molecule has 2 amide bonds. The van der Waals surface area contributed by atoms with Gasteiger partial charge in [-0.1, -0.05) is 25.7 Å². The zero-order chi connectivity index (χ0) is 15.1. The molecule has 21 heavy (non-hydrogen) atoms. The van der Waals surface area contributed by atoms with E-state index in [1.165, 1.54) is 44.9 Å². The number of nitrogens with one attached hydrogen (secondary N) is 1. The third-order valence-electron chi connectivity index (χ3n) is 5.28. The molecule has 1 heterocycles. The Morgan fingerprint density at radius 3 is 2.52 bits per heavy atom. The number of amides is 2. The number of carbonyl (C=O) groups excluding carboxylic acids is 1. The Morgan fingerprint density at radius 2 is 1.86 bits per heavy atom. The highest BCUT2D eigenvalue weighted by Gasteiger charge is 2.37. The lowest BCUT2D eigenvalue weighted by Gasteiger charge is -2.43. The predicted molar refractivity (Wildman–Crippen MR) is 85.3 cm³/mol. The molecule has 4 nitrogen and oxygen atoms in total. The van der Waals surface area contributed by atoms with Gasteiger partial charge < -0.3 is 15.3 Å².